The molecule has 0 bridgehead atoms. The fourth-order valence-corrected chi connectivity index (χ4v) is 3.06. The van der Waals surface area contributed by atoms with E-state index in [0.717, 1.165) is 25.5 Å². The number of amidine groups is 1. The average molecular weight is 219 g/mol. The summed E-state index contributed by atoms with van der Waals surface area (Å²) in [6.45, 7) is 2.88. The second kappa shape index (κ2) is 3.77. The molecule has 78 valence electrons. The van der Waals surface area contributed by atoms with Crippen LogP contribution < -0.4 is 10.6 Å². The number of anilines is 1. The second-order valence-electron chi connectivity index (χ2n) is 3.68. The average Bonchev–Trinajstić information content (AvgIpc) is 2.82. The van der Waals surface area contributed by atoms with Crippen molar-refractivity contribution in [3.63, 3.8) is 0 Å². The Balaban J connectivity index is 1.82. The van der Waals surface area contributed by atoms with Crippen LogP contribution in [0.4, 0.5) is 5.69 Å². The molecule has 0 saturated heterocycles. The molecule has 0 radical (unpaired) electrons. The standard InChI is InChI=1S/C11H13N3S/c1-2-4-9-8(3-1)14-7-10(15-9)11-12-5-6-13-11/h1-4,10,14H,5-7H2,(H,12,13). The summed E-state index contributed by atoms with van der Waals surface area (Å²) in [6.07, 6.45) is 0. The highest BCUT2D eigenvalue weighted by atomic mass is 32.2. The summed E-state index contributed by atoms with van der Waals surface area (Å²) in [5, 5.41) is 7.24. The second-order valence-corrected chi connectivity index (χ2v) is 4.92. The number of para-hydroxylation sites is 1. The van der Waals surface area contributed by atoms with E-state index in [0.29, 0.717) is 5.25 Å². The van der Waals surface area contributed by atoms with Crippen molar-refractivity contribution in [2.75, 3.05) is 25.0 Å². The maximum atomic E-state index is 4.48. The number of benzene rings is 1. The molecule has 0 fully saturated rings. The highest BCUT2D eigenvalue weighted by Gasteiger charge is 2.24. The molecule has 0 spiro atoms. The molecule has 0 amide bonds. The zero-order chi connectivity index (χ0) is 10.1. The van der Waals surface area contributed by atoms with E-state index >= 15 is 0 Å². The summed E-state index contributed by atoms with van der Waals surface area (Å²) in [5.74, 6) is 1.15. The lowest BCUT2D eigenvalue weighted by Crippen LogP contribution is -2.36. The molecule has 0 aromatic heterocycles. The molecule has 15 heavy (non-hydrogen) atoms. The van der Waals surface area contributed by atoms with Crippen LogP contribution >= 0.6 is 11.8 Å². The van der Waals surface area contributed by atoms with Crippen LogP contribution in [0.1, 0.15) is 0 Å². The zero-order valence-electron chi connectivity index (χ0n) is 8.36. The first-order valence-electron chi connectivity index (χ1n) is 5.21. The van der Waals surface area contributed by atoms with Crippen LogP contribution in [-0.4, -0.2) is 30.7 Å². The third-order valence-corrected chi connectivity index (χ3v) is 3.92. The summed E-state index contributed by atoms with van der Waals surface area (Å²) in [7, 11) is 0. The van der Waals surface area contributed by atoms with E-state index in [2.05, 4.69) is 39.9 Å². The summed E-state index contributed by atoms with van der Waals surface area (Å²) in [6, 6.07) is 8.44. The van der Waals surface area contributed by atoms with Crippen molar-refractivity contribution in [3.05, 3.63) is 24.3 Å². The van der Waals surface area contributed by atoms with Crippen molar-refractivity contribution in [3.8, 4) is 0 Å². The van der Waals surface area contributed by atoms with Gasteiger partial charge in [0.05, 0.1) is 11.8 Å². The van der Waals surface area contributed by atoms with E-state index in [1.165, 1.54) is 10.6 Å². The molecule has 4 heteroatoms. The Morgan fingerprint density at radius 3 is 3.07 bits per heavy atom. The van der Waals surface area contributed by atoms with Gasteiger partial charge in [-0.15, -0.1) is 11.8 Å². The molecule has 3 rings (SSSR count). The minimum atomic E-state index is 0.447. The number of rotatable bonds is 1. The third kappa shape index (κ3) is 1.69. The molecule has 2 N–H and O–H groups in total. The Morgan fingerprint density at radius 1 is 1.27 bits per heavy atom. The number of nitrogens with zero attached hydrogens (tertiary/aromatic N) is 1. The van der Waals surface area contributed by atoms with E-state index in [9.17, 15) is 0 Å². The van der Waals surface area contributed by atoms with Gasteiger partial charge in [-0.1, -0.05) is 12.1 Å². The Kier molecular flexibility index (Phi) is 2.29. The molecule has 3 nitrogen and oxygen atoms in total. The number of aliphatic imine (C=N–C) groups is 1. The van der Waals surface area contributed by atoms with Crippen LogP contribution in [0, 0.1) is 0 Å². The Morgan fingerprint density at radius 2 is 2.20 bits per heavy atom. The quantitative estimate of drug-likeness (QED) is 0.753. The molecule has 0 saturated carbocycles. The van der Waals surface area contributed by atoms with E-state index in [4.69, 9.17) is 0 Å². The van der Waals surface area contributed by atoms with Gasteiger partial charge < -0.3 is 10.6 Å². The van der Waals surface area contributed by atoms with Gasteiger partial charge in [0.25, 0.3) is 0 Å². The molecule has 2 aliphatic heterocycles. The van der Waals surface area contributed by atoms with Crippen LogP contribution in [-0.2, 0) is 0 Å². The first-order valence-corrected chi connectivity index (χ1v) is 6.09. The lowest BCUT2D eigenvalue weighted by Gasteiger charge is -2.25. The number of nitrogens with one attached hydrogen (secondary N) is 2. The normalized spacial score (nSPS) is 23.7. The summed E-state index contributed by atoms with van der Waals surface area (Å²) < 4.78 is 0. The van der Waals surface area contributed by atoms with Gasteiger partial charge in [-0.05, 0) is 12.1 Å². The minimum absolute atomic E-state index is 0.447. The molecule has 1 aromatic carbocycles. The molecule has 2 aliphatic rings. The van der Waals surface area contributed by atoms with E-state index in [-0.39, 0.29) is 0 Å². The monoisotopic (exact) mass is 219 g/mol. The van der Waals surface area contributed by atoms with Gasteiger partial charge in [0.1, 0.15) is 5.84 Å². The molecule has 1 unspecified atom stereocenters. The van der Waals surface area contributed by atoms with Crippen LogP contribution in [0.3, 0.4) is 0 Å². The molecule has 1 atom stereocenters. The van der Waals surface area contributed by atoms with Crippen LogP contribution in [0.2, 0.25) is 0 Å². The highest BCUT2D eigenvalue weighted by Crippen LogP contribution is 2.35. The first kappa shape index (κ1) is 9.09. The van der Waals surface area contributed by atoms with Gasteiger partial charge in [0.2, 0.25) is 0 Å². The van der Waals surface area contributed by atoms with Crippen molar-refractivity contribution in [1.29, 1.82) is 0 Å². The van der Waals surface area contributed by atoms with Crippen LogP contribution in [0.25, 0.3) is 0 Å². The molecular weight excluding hydrogens is 206 g/mol. The largest absolute Gasteiger partial charge is 0.383 e. The van der Waals surface area contributed by atoms with E-state index in [1.54, 1.807) is 0 Å². The van der Waals surface area contributed by atoms with Crippen molar-refractivity contribution in [2.45, 2.75) is 10.1 Å². The maximum absolute atomic E-state index is 4.48. The Bertz CT molecular complexity index is 403. The first-order chi connectivity index (χ1) is 7.43. The van der Waals surface area contributed by atoms with Gasteiger partial charge in [0, 0.05) is 23.7 Å². The van der Waals surface area contributed by atoms with Crippen molar-refractivity contribution >= 4 is 23.3 Å². The van der Waals surface area contributed by atoms with Crippen LogP contribution in [0.15, 0.2) is 34.2 Å². The van der Waals surface area contributed by atoms with Gasteiger partial charge in [0.15, 0.2) is 0 Å². The fraction of sp³-hybridized carbons (Fsp3) is 0.364. The van der Waals surface area contributed by atoms with Crippen molar-refractivity contribution in [2.24, 2.45) is 4.99 Å². The molecule has 2 heterocycles. The predicted molar refractivity (Wildman–Crippen MR) is 64.9 cm³/mol. The molecular formula is C11H13N3S. The Labute approximate surface area is 93.4 Å². The highest BCUT2D eigenvalue weighted by molar-refractivity contribution is 8.01. The summed E-state index contributed by atoms with van der Waals surface area (Å²) >= 11 is 1.90. The minimum Gasteiger partial charge on any atom is -0.383 e. The van der Waals surface area contributed by atoms with Gasteiger partial charge in [-0.3, -0.25) is 4.99 Å². The van der Waals surface area contributed by atoms with E-state index < -0.39 is 0 Å². The third-order valence-electron chi connectivity index (χ3n) is 2.64. The predicted octanol–water partition coefficient (Wildman–Crippen LogP) is 1.57. The number of thioether (sulfide) groups is 1. The lowest BCUT2D eigenvalue weighted by molar-refractivity contribution is 0.944. The maximum Gasteiger partial charge on any atom is 0.112 e. The number of fused-ring (bicyclic) bond motifs is 1. The SMILES string of the molecule is c1ccc2c(c1)NCC(C1=NCCN1)S2. The molecule has 0 aliphatic carbocycles. The van der Waals surface area contributed by atoms with E-state index in [1.807, 2.05) is 11.8 Å². The summed E-state index contributed by atoms with van der Waals surface area (Å²) in [4.78, 5) is 5.80. The van der Waals surface area contributed by atoms with Crippen molar-refractivity contribution < 1.29 is 0 Å². The summed E-state index contributed by atoms with van der Waals surface area (Å²) in [5.41, 5.74) is 1.25. The lowest BCUT2D eigenvalue weighted by atomic mass is 10.3. The zero-order valence-corrected chi connectivity index (χ0v) is 9.18. The van der Waals surface area contributed by atoms with Crippen LogP contribution in [0.5, 0.6) is 0 Å². The topological polar surface area (TPSA) is 36.4 Å². The fourth-order valence-electron chi connectivity index (χ4n) is 1.90. The number of hydrogen-bond donors (Lipinski definition) is 2. The number of hydrogen-bond acceptors (Lipinski definition) is 4. The Hall–Kier alpha value is -1.16. The molecule has 1 aromatic rings. The van der Waals surface area contributed by atoms with Gasteiger partial charge >= 0.3 is 0 Å². The smallest absolute Gasteiger partial charge is 0.112 e. The van der Waals surface area contributed by atoms with Gasteiger partial charge in [-0.25, -0.2) is 0 Å². The van der Waals surface area contributed by atoms with Gasteiger partial charge in [-0.2, -0.15) is 0 Å². The van der Waals surface area contributed by atoms with Crippen molar-refractivity contribution in [1.82, 2.24) is 5.32 Å².